The lowest BCUT2D eigenvalue weighted by molar-refractivity contribution is -0.123. The summed E-state index contributed by atoms with van der Waals surface area (Å²) in [5.74, 6) is -2.82. The van der Waals surface area contributed by atoms with Gasteiger partial charge in [0.25, 0.3) is 5.91 Å². The second-order valence-corrected chi connectivity index (χ2v) is 7.53. The molecule has 2 aromatic heterocycles. The van der Waals surface area contributed by atoms with Crippen LogP contribution in [0.1, 0.15) is 49.8 Å². The Kier molecular flexibility index (Phi) is 6.89. The monoisotopic (exact) mass is 460 g/mol. The normalized spacial score (nSPS) is 11.6. The van der Waals surface area contributed by atoms with Crippen LogP contribution in [0, 0.1) is 6.92 Å². The van der Waals surface area contributed by atoms with Gasteiger partial charge >= 0.3 is 17.9 Å². The van der Waals surface area contributed by atoms with Gasteiger partial charge in [-0.25, -0.2) is 19.4 Å². The van der Waals surface area contributed by atoms with Crippen molar-refractivity contribution in [1.29, 1.82) is 0 Å². The number of anilines is 1. The minimum atomic E-state index is -1.22. The Morgan fingerprint density at radius 2 is 1.94 bits per heavy atom. The number of thiophene rings is 1. The highest BCUT2D eigenvalue weighted by Crippen LogP contribution is 2.34. The van der Waals surface area contributed by atoms with E-state index in [1.54, 1.807) is 26.0 Å². The lowest BCUT2D eigenvalue weighted by atomic mass is 10.1. The van der Waals surface area contributed by atoms with Crippen LogP contribution in [0.5, 0.6) is 0 Å². The van der Waals surface area contributed by atoms with Gasteiger partial charge in [0, 0.05) is 0 Å². The van der Waals surface area contributed by atoms with Crippen LogP contribution in [0.3, 0.4) is 0 Å². The summed E-state index contributed by atoms with van der Waals surface area (Å²) in [6.45, 7) is 4.73. The van der Waals surface area contributed by atoms with Gasteiger partial charge < -0.3 is 23.9 Å². The number of fused-ring (bicyclic) bond motifs is 1. The molecule has 3 rings (SSSR count). The lowest BCUT2D eigenvalue weighted by Gasteiger charge is -2.13. The van der Waals surface area contributed by atoms with E-state index >= 15 is 0 Å². The van der Waals surface area contributed by atoms with E-state index in [0.29, 0.717) is 16.7 Å². The molecule has 0 aliphatic carbocycles. The Hall–Kier alpha value is -3.73. The van der Waals surface area contributed by atoms with Gasteiger partial charge in [-0.05, 0) is 38.5 Å². The number of para-hydroxylation sites is 1. The Balaban J connectivity index is 1.80. The van der Waals surface area contributed by atoms with Gasteiger partial charge in [0.1, 0.15) is 15.4 Å². The van der Waals surface area contributed by atoms with Crippen LogP contribution in [-0.2, 0) is 19.0 Å². The minimum absolute atomic E-state index is 0.0276. The number of carbonyl (C=O) groups excluding carboxylic acids is 4. The van der Waals surface area contributed by atoms with Crippen molar-refractivity contribution in [3.63, 3.8) is 0 Å². The van der Waals surface area contributed by atoms with Crippen LogP contribution in [0.2, 0.25) is 0 Å². The summed E-state index contributed by atoms with van der Waals surface area (Å²) >= 11 is 0.872. The molecule has 3 aromatic rings. The van der Waals surface area contributed by atoms with Crippen molar-refractivity contribution >= 4 is 51.3 Å². The molecule has 1 unspecified atom stereocenters. The number of hydrogen-bond acceptors (Lipinski definition) is 10. The van der Waals surface area contributed by atoms with E-state index in [9.17, 15) is 19.2 Å². The zero-order valence-electron chi connectivity index (χ0n) is 17.7. The highest BCUT2D eigenvalue weighted by molar-refractivity contribution is 7.18. The predicted octanol–water partition coefficient (Wildman–Crippen LogP) is 3.35. The molecule has 0 aliphatic rings. The van der Waals surface area contributed by atoms with E-state index in [1.165, 1.54) is 26.5 Å². The fraction of sp³-hybridized carbons (Fsp3) is 0.286. The molecule has 32 heavy (non-hydrogen) atoms. The van der Waals surface area contributed by atoms with Gasteiger partial charge in [0.05, 0.1) is 24.8 Å². The maximum absolute atomic E-state index is 12.7. The number of benzene rings is 1. The van der Waals surface area contributed by atoms with E-state index in [0.717, 1.165) is 11.3 Å². The van der Waals surface area contributed by atoms with Crippen LogP contribution in [-0.4, -0.2) is 48.6 Å². The Morgan fingerprint density at radius 3 is 2.62 bits per heavy atom. The predicted molar refractivity (Wildman–Crippen MR) is 114 cm³/mol. The molecule has 1 amide bonds. The number of nitrogens with zero attached hydrogens (tertiary/aromatic N) is 1. The molecular formula is C21H20N2O8S. The molecule has 1 atom stereocenters. The summed E-state index contributed by atoms with van der Waals surface area (Å²) in [7, 11) is 1.18. The Labute approximate surface area is 186 Å². The molecule has 0 aliphatic heterocycles. The van der Waals surface area contributed by atoms with Crippen LogP contribution in [0.15, 0.2) is 29.0 Å². The first-order chi connectivity index (χ1) is 15.3. The average molecular weight is 460 g/mol. The summed E-state index contributed by atoms with van der Waals surface area (Å²) in [6.07, 6.45) is -0.0183. The molecule has 0 radical (unpaired) electrons. The third kappa shape index (κ3) is 4.47. The summed E-state index contributed by atoms with van der Waals surface area (Å²) in [5.41, 5.74) is 1.20. The van der Waals surface area contributed by atoms with E-state index in [1.807, 2.05) is 0 Å². The van der Waals surface area contributed by atoms with Crippen LogP contribution >= 0.6 is 11.3 Å². The topological polar surface area (TPSA) is 134 Å². The van der Waals surface area contributed by atoms with Crippen molar-refractivity contribution < 1.29 is 37.8 Å². The molecule has 0 fully saturated rings. The van der Waals surface area contributed by atoms with Gasteiger partial charge in [-0.3, -0.25) is 4.79 Å². The van der Waals surface area contributed by atoms with E-state index in [-0.39, 0.29) is 27.6 Å². The number of carbonyl (C=O) groups is 4. The third-order valence-corrected chi connectivity index (χ3v) is 5.65. The smallest absolute Gasteiger partial charge is 0.348 e. The zero-order valence-corrected chi connectivity index (χ0v) is 18.5. The maximum Gasteiger partial charge on any atom is 0.348 e. The zero-order chi connectivity index (χ0) is 23.4. The Morgan fingerprint density at radius 1 is 1.19 bits per heavy atom. The van der Waals surface area contributed by atoms with Crippen LogP contribution < -0.4 is 5.32 Å². The van der Waals surface area contributed by atoms with Crippen molar-refractivity contribution in [1.82, 2.24) is 4.98 Å². The highest BCUT2D eigenvalue weighted by Gasteiger charge is 2.29. The molecule has 0 spiro atoms. The number of aromatic nitrogens is 1. The van der Waals surface area contributed by atoms with Crippen LogP contribution in [0.25, 0.3) is 11.1 Å². The summed E-state index contributed by atoms with van der Waals surface area (Å²) < 4.78 is 20.2. The summed E-state index contributed by atoms with van der Waals surface area (Å²) in [5, 5.41) is 2.62. The SMILES string of the molecule is CCOC(=O)c1sc(NC(=O)C(C)OC(=O)c2cccc3ocnc23)c(C(=O)OC)c1C. The number of oxazole rings is 1. The van der Waals surface area contributed by atoms with Crippen molar-refractivity contribution in [3.8, 4) is 0 Å². The summed E-state index contributed by atoms with van der Waals surface area (Å²) in [6, 6.07) is 4.74. The first-order valence-electron chi connectivity index (χ1n) is 9.51. The minimum Gasteiger partial charge on any atom is -0.465 e. The number of hydrogen-bond donors (Lipinski definition) is 1. The first-order valence-corrected chi connectivity index (χ1v) is 10.3. The molecule has 0 bridgehead atoms. The number of methoxy groups -OCH3 is 1. The Bertz CT molecular complexity index is 1200. The van der Waals surface area contributed by atoms with Gasteiger partial charge in [0.15, 0.2) is 18.1 Å². The standard InChI is InChI=1S/C21H20N2O8S/c1-5-29-21(27)16-10(2)14(20(26)28-4)18(32-16)23-17(24)11(3)31-19(25)12-7-6-8-13-15(12)22-9-30-13/h6-9,11H,5H2,1-4H3,(H,23,24). The van der Waals surface area contributed by atoms with Gasteiger partial charge in [-0.2, -0.15) is 0 Å². The van der Waals surface area contributed by atoms with Gasteiger partial charge in [-0.15, -0.1) is 11.3 Å². The quantitative estimate of drug-likeness (QED) is 0.416. The molecule has 1 aromatic carbocycles. The average Bonchev–Trinajstić information content (AvgIpc) is 3.37. The largest absolute Gasteiger partial charge is 0.465 e. The molecular weight excluding hydrogens is 440 g/mol. The number of ether oxygens (including phenoxy) is 3. The van der Waals surface area contributed by atoms with E-state index in [4.69, 9.17) is 18.6 Å². The van der Waals surface area contributed by atoms with Crippen molar-refractivity contribution in [2.45, 2.75) is 26.9 Å². The number of rotatable bonds is 7. The molecule has 10 nitrogen and oxygen atoms in total. The fourth-order valence-electron chi connectivity index (χ4n) is 2.88. The molecule has 168 valence electrons. The van der Waals surface area contributed by atoms with Crippen LogP contribution in [0.4, 0.5) is 5.00 Å². The van der Waals surface area contributed by atoms with Gasteiger partial charge in [0.2, 0.25) is 0 Å². The number of nitrogens with one attached hydrogen (secondary N) is 1. The van der Waals surface area contributed by atoms with Crippen molar-refractivity contribution in [3.05, 3.63) is 46.2 Å². The fourth-order valence-corrected chi connectivity index (χ4v) is 3.97. The van der Waals surface area contributed by atoms with Crippen molar-refractivity contribution in [2.24, 2.45) is 0 Å². The highest BCUT2D eigenvalue weighted by atomic mass is 32.1. The van der Waals surface area contributed by atoms with Gasteiger partial charge in [-0.1, -0.05) is 6.07 Å². The third-order valence-electron chi connectivity index (χ3n) is 4.47. The van der Waals surface area contributed by atoms with E-state index < -0.39 is 29.9 Å². The summed E-state index contributed by atoms with van der Waals surface area (Å²) in [4.78, 5) is 53.8. The molecule has 0 saturated heterocycles. The second kappa shape index (κ2) is 9.60. The van der Waals surface area contributed by atoms with E-state index in [2.05, 4.69) is 10.3 Å². The first kappa shape index (κ1) is 22.9. The lowest BCUT2D eigenvalue weighted by Crippen LogP contribution is -2.30. The molecule has 11 heteroatoms. The molecule has 1 N–H and O–H groups in total. The number of esters is 3. The molecule has 0 saturated carbocycles. The molecule has 2 heterocycles. The maximum atomic E-state index is 12.7. The second-order valence-electron chi connectivity index (χ2n) is 6.51. The van der Waals surface area contributed by atoms with Crippen molar-refractivity contribution in [2.75, 3.05) is 19.0 Å². The number of amides is 1.